The number of carbonyl (C=O) groups is 1. The number of nitrogens with one attached hydrogen (secondary N) is 2. The van der Waals surface area contributed by atoms with E-state index in [9.17, 15) is 4.79 Å². The average Bonchev–Trinajstić information content (AvgIpc) is 2.39. The van der Waals surface area contributed by atoms with Crippen molar-refractivity contribution < 1.29 is 14.3 Å². The van der Waals surface area contributed by atoms with Gasteiger partial charge in [-0.15, -0.1) is 0 Å². The Morgan fingerprint density at radius 1 is 1.42 bits per heavy atom. The predicted molar refractivity (Wildman–Crippen MR) is 74.5 cm³/mol. The molecule has 0 aliphatic heterocycles. The summed E-state index contributed by atoms with van der Waals surface area (Å²) in [4.78, 5) is 11.8. The van der Waals surface area contributed by atoms with E-state index >= 15 is 0 Å². The molecule has 4 N–H and O–H groups in total. The Kier molecular flexibility index (Phi) is 6.70. The van der Waals surface area contributed by atoms with E-state index < -0.39 is 0 Å². The van der Waals surface area contributed by atoms with Gasteiger partial charge in [-0.2, -0.15) is 0 Å². The summed E-state index contributed by atoms with van der Waals surface area (Å²) in [5.41, 5.74) is 6.15. The lowest BCUT2D eigenvalue weighted by atomic mass is 10.2. The smallest absolute Gasteiger partial charge is 0.319 e. The topological polar surface area (TPSA) is 85.6 Å². The quantitative estimate of drug-likeness (QED) is 0.692. The van der Waals surface area contributed by atoms with Gasteiger partial charge < -0.3 is 25.8 Å². The first-order valence-electron chi connectivity index (χ1n) is 6.10. The Labute approximate surface area is 113 Å². The highest BCUT2D eigenvalue weighted by Gasteiger charge is 2.11. The molecule has 0 bridgehead atoms. The molecule has 0 radical (unpaired) electrons. The number of anilines is 1. The highest BCUT2D eigenvalue weighted by molar-refractivity contribution is 5.89. The molecule has 0 saturated heterocycles. The third-order valence-electron chi connectivity index (χ3n) is 2.55. The van der Waals surface area contributed by atoms with Crippen molar-refractivity contribution in [3.63, 3.8) is 0 Å². The molecule has 0 aromatic heterocycles. The zero-order valence-corrected chi connectivity index (χ0v) is 11.3. The van der Waals surface area contributed by atoms with E-state index in [0.29, 0.717) is 31.0 Å². The molecule has 0 spiro atoms. The van der Waals surface area contributed by atoms with Gasteiger partial charge in [0, 0.05) is 18.9 Å². The Morgan fingerprint density at radius 3 is 2.84 bits per heavy atom. The van der Waals surface area contributed by atoms with Crippen LogP contribution in [0.3, 0.4) is 0 Å². The van der Waals surface area contributed by atoms with Crippen molar-refractivity contribution in [3.8, 4) is 5.75 Å². The third-order valence-corrected chi connectivity index (χ3v) is 2.55. The van der Waals surface area contributed by atoms with Crippen LogP contribution < -0.4 is 21.1 Å². The number of methoxy groups -OCH3 is 2. The minimum atomic E-state index is -0.288. The molecule has 1 aromatic carbocycles. The lowest BCUT2D eigenvalue weighted by molar-refractivity contribution is 0.164. The summed E-state index contributed by atoms with van der Waals surface area (Å²) in [5, 5.41) is 5.55. The van der Waals surface area contributed by atoms with Crippen molar-refractivity contribution in [2.75, 3.05) is 32.7 Å². The molecule has 2 amide bonds. The molecule has 6 nitrogen and oxygen atoms in total. The fourth-order valence-corrected chi connectivity index (χ4v) is 1.65. The Balaban J connectivity index is 2.53. The van der Waals surface area contributed by atoms with Gasteiger partial charge in [0.15, 0.2) is 0 Å². The number of ether oxygens (including phenoxy) is 2. The molecule has 1 aromatic rings. The lowest BCUT2D eigenvalue weighted by Gasteiger charge is -2.17. The molecule has 0 heterocycles. The fraction of sp³-hybridized carbons (Fsp3) is 0.462. The van der Waals surface area contributed by atoms with E-state index in [4.69, 9.17) is 15.2 Å². The second-order valence-corrected chi connectivity index (χ2v) is 4.06. The largest absolute Gasteiger partial charge is 0.497 e. The van der Waals surface area contributed by atoms with Gasteiger partial charge in [-0.1, -0.05) is 6.07 Å². The van der Waals surface area contributed by atoms with Gasteiger partial charge in [0.2, 0.25) is 0 Å². The molecule has 0 aliphatic rings. The van der Waals surface area contributed by atoms with Gasteiger partial charge >= 0.3 is 6.03 Å². The van der Waals surface area contributed by atoms with Gasteiger partial charge in [0.25, 0.3) is 0 Å². The first-order chi connectivity index (χ1) is 9.19. The van der Waals surface area contributed by atoms with Crippen LogP contribution in [0.2, 0.25) is 0 Å². The van der Waals surface area contributed by atoms with Gasteiger partial charge in [-0.25, -0.2) is 4.79 Å². The molecule has 0 fully saturated rings. The molecular formula is C13H21N3O3. The van der Waals surface area contributed by atoms with Crippen LogP contribution in [0.4, 0.5) is 10.5 Å². The van der Waals surface area contributed by atoms with E-state index in [1.54, 1.807) is 32.4 Å². The number of amides is 2. The molecule has 1 atom stereocenters. The molecule has 1 rings (SSSR count). The highest BCUT2D eigenvalue weighted by atomic mass is 16.5. The van der Waals surface area contributed by atoms with Gasteiger partial charge in [0.1, 0.15) is 5.75 Å². The van der Waals surface area contributed by atoms with E-state index in [0.717, 1.165) is 0 Å². The van der Waals surface area contributed by atoms with Crippen LogP contribution in [0.5, 0.6) is 5.75 Å². The number of benzene rings is 1. The zero-order chi connectivity index (χ0) is 14.1. The normalized spacial score (nSPS) is 11.7. The van der Waals surface area contributed by atoms with E-state index in [2.05, 4.69) is 10.6 Å². The number of rotatable bonds is 7. The van der Waals surface area contributed by atoms with Crippen LogP contribution in [0.15, 0.2) is 24.3 Å². The van der Waals surface area contributed by atoms with Crippen molar-refractivity contribution in [1.82, 2.24) is 5.32 Å². The van der Waals surface area contributed by atoms with E-state index in [1.165, 1.54) is 0 Å². The van der Waals surface area contributed by atoms with Gasteiger partial charge in [0.05, 0.1) is 19.8 Å². The predicted octanol–water partition coefficient (Wildman–Crippen LogP) is 1.18. The monoisotopic (exact) mass is 267 g/mol. The van der Waals surface area contributed by atoms with Crippen LogP contribution in [0.25, 0.3) is 0 Å². The maximum absolute atomic E-state index is 11.8. The van der Waals surface area contributed by atoms with Crippen molar-refractivity contribution in [3.05, 3.63) is 24.3 Å². The highest BCUT2D eigenvalue weighted by Crippen LogP contribution is 2.16. The minimum absolute atomic E-state index is 0.0967. The summed E-state index contributed by atoms with van der Waals surface area (Å²) in [6.07, 6.45) is 0.666. The number of hydrogen-bond donors (Lipinski definition) is 3. The second kappa shape index (κ2) is 8.34. The Bertz CT molecular complexity index is 392. The van der Waals surface area contributed by atoms with Crippen molar-refractivity contribution >= 4 is 11.7 Å². The van der Waals surface area contributed by atoms with Gasteiger partial charge in [-0.05, 0) is 25.1 Å². The fourth-order valence-electron chi connectivity index (χ4n) is 1.65. The maximum atomic E-state index is 11.8. The first-order valence-corrected chi connectivity index (χ1v) is 6.10. The van der Waals surface area contributed by atoms with E-state index in [1.807, 2.05) is 6.07 Å². The maximum Gasteiger partial charge on any atom is 0.319 e. The standard InChI is InChI=1S/C13H21N3O3/c1-18-9-11(6-7-14)16-13(17)15-10-4-3-5-12(8-10)19-2/h3-5,8,11H,6-7,9,14H2,1-2H3,(H2,15,16,17). The SMILES string of the molecule is COCC(CCN)NC(=O)Nc1cccc(OC)c1. The van der Waals surface area contributed by atoms with Crippen LogP contribution >= 0.6 is 0 Å². The number of hydrogen-bond acceptors (Lipinski definition) is 4. The Morgan fingerprint density at radius 2 is 2.21 bits per heavy atom. The van der Waals surface area contributed by atoms with Crippen molar-refractivity contribution in [2.45, 2.75) is 12.5 Å². The minimum Gasteiger partial charge on any atom is -0.497 e. The number of nitrogens with two attached hydrogens (primary N) is 1. The van der Waals surface area contributed by atoms with Gasteiger partial charge in [-0.3, -0.25) is 0 Å². The summed E-state index contributed by atoms with van der Waals surface area (Å²) < 4.78 is 10.1. The second-order valence-electron chi connectivity index (χ2n) is 4.06. The molecule has 19 heavy (non-hydrogen) atoms. The summed E-state index contributed by atoms with van der Waals surface area (Å²) >= 11 is 0. The van der Waals surface area contributed by atoms with Crippen LogP contribution in [0.1, 0.15) is 6.42 Å². The van der Waals surface area contributed by atoms with Crippen molar-refractivity contribution in [1.29, 1.82) is 0 Å². The summed E-state index contributed by atoms with van der Waals surface area (Å²) in [7, 11) is 3.17. The summed E-state index contributed by atoms with van der Waals surface area (Å²) in [5.74, 6) is 0.688. The lowest BCUT2D eigenvalue weighted by Crippen LogP contribution is -2.41. The third kappa shape index (κ3) is 5.58. The molecule has 6 heteroatoms. The Hall–Kier alpha value is -1.79. The van der Waals surface area contributed by atoms with Crippen LogP contribution in [0, 0.1) is 0 Å². The van der Waals surface area contributed by atoms with E-state index in [-0.39, 0.29) is 12.1 Å². The number of carbonyl (C=O) groups excluding carboxylic acids is 1. The first kappa shape index (κ1) is 15.3. The molecular weight excluding hydrogens is 246 g/mol. The zero-order valence-electron chi connectivity index (χ0n) is 11.3. The van der Waals surface area contributed by atoms with Crippen LogP contribution in [-0.2, 0) is 4.74 Å². The number of urea groups is 1. The van der Waals surface area contributed by atoms with Crippen molar-refractivity contribution in [2.24, 2.45) is 5.73 Å². The molecule has 0 saturated carbocycles. The van der Waals surface area contributed by atoms with Crippen LogP contribution in [-0.4, -0.2) is 39.4 Å². The molecule has 0 aliphatic carbocycles. The molecule has 1 unspecified atom stereocenters. The summed E-state index contributed by atoms with van der Waals surface area (Å²) in [6.45, 7) is 0.927. The summed E-state index contributed by atoms with van der Waals surface area (Å²) in [6, 6.07) is 6.76. The molecule has 106 valence electrons. The average molecular weight is 267 g/mol.